The van der Waals surface area contributed by atoms with Crippen LogP contribution < -0.4 is 0 Å². The van der Waals surface area contributed by atoms with Gasteiger partial charge in [0.15, 0.2) is 0 Å². The number of carbonyl (C=O) groups excluding carboxylic acids is 1. The van der Waals surface area contributed by atoms with Gasteiger partial charge in [-0.25, -0.2) is 8.42 Å². The van der Waals surface area contributed by atoms with Crippen LogP contribution in [0.15, 0.2) is 0 Å². The summed E-state index contributed by atoms with van der Waals surface area (Å²) in [6.07, 6.45) is 16.6. The first-order valence-electron chi connectivity index (χ1n) is 11.6. The van der Waals surface area contributed by atoms with Gasteiger partial charge < -0.3 is 9.29 Å². The quantitative estimate of drug-likeness (QED) is 0.115. The Morgan fingerprint density at radius 3 is 1.52 bits per heavy atom. The minimum atomic E-state index is -4.29. The molecule has 0 N–H and O–H groups in total. The molecule has 0 aliphatic heterocycles. The number of hydrogen-bond acceptors (Lipinski definition) is 5. The van der Waals surface area contributed by atoms with Crippen LogP contribution in [0.5, 0.6) is 0 Å². The van der Waals surface area contributed by atoms with E-state index in [1.165, 1.54) is 63.2 Å². The monoisotopic (exact) mass is 454 g/mol. The summed E-state index contributed by atoms with van der Waals surface area (Å²) in [4.78, 5) is 11.2. The Bertz CT molecular complexity index is 458. The van der Waals surface area contributed by atoms with Gasteiger partial charge in [-0.15, -0.1) is 0 Å². The number of unbranched alkanes of at least 4 members (excludes halogenated alkanes) is 8. The largest absolute Gasteiger partial charge is 0.748 e. The van der Waals surface area contributed by atoms with Crippen molar-refractivity contribution >= 4 is 23.3 Å². The highest BCUT2D eigenvalue weighted by Crippen LogP contribution is 2.57. The summed E-state index contributed by atoms with van der Waals surface area (Å²) >= 11 is 0. The van der Waals surface area contributed by atoms with E-state index in [1.807, 2.05) is 0 Å². The van der Waals surface area contributed by atoms with Crippen LogP contribution in [0, 0.1) is 0 Å². The third kappa shape index (κ3) is 20.8. The van der Waals surface area contributed by atoms with Crippen molar-refractivity contribution in [3.63, 3.8) is 0 Å². The van der Waals surface area contributed by atoms with Gasteiger partial charge in [0.2, 0.25) is 0 Å². The van der Waals surface area contributed by atoms with Gasteiger partial charge in [-0.05, 0) is 34.1 Å². The molecule has 0 saturated carbocycles. The van der Waals surface area contributed by atoms with Crippen LogP contribution in [0.25, 0.3) is 0 Å². The summed E-state index contributed by atoms with van der Waals surface area (Å²) in [5, 5.41) is 0. The smallest absolute Gasteiger partial charge is 0.305 e. The number of rotatable bonds is 17. The fraction of sp³-hybridized carbons (Fsp3) is 0.955. The lowest BCUT2D eigenvalue weighted by Crippen LogP contribution is -2.14. The van der Waals surface area contributed by atoms with Gasteiger partial charge in [-0.3, -0.25) is 4.79 Å². The molecular formula is C22H47O5PS. The van der Waals surface area contributed by atoms with Crippen LogP contribution in [0.1, 0.15) is 98.8 Å². The van der Waals surface area contributed by atoms with Crippen LogP contribution in [0.4, 0.5) is 0 Å². The van der Waals surface area contributed by atoms with E-state index < -0.39 is 29.1 Å². The molecule has 0 atom stereocenters. The van der Waals surface area contributed by atoms with E-state index in [4.69, 9.17) is 0 Å². The zero-order valence-electron chi connectivity index (χ0n) is 19.7. The molecule has 0 radical (unpaired) electrons. The summed E-state index contributed by atoms with van der Waals surface area (Å²) in [5.74, 6) is -1.06. The molecule has 0 bridgehead atoms. The van der Waals surface area contributed by atoms with E-state index in [-0.39, 0.29) is 6.61 Å². The number of hydrogen-bond donors (Lipinski definition) is 0. The average molecular weight is 455 g/mol. The zero-order valence-corrected chi connectivity index (χ0v) is 21.4. The van der Waals surface area contributed by atoms with E-state index in [0.717, 1.165) is 19.3 Å². The highest BCUT2D eigenvalue weighted by Gasteiger charge is 2.27. The summed E-state index contributed by atoms with van der Waals surface area (Å²) < 4.78 is 35.5. The number of ether oxygens (including phenoxy) is 1. The number of carbonyl (C=O) groups is 1. The Hall–Kier alpha value is -0.190. The van der Waals surface area contributed by atoms with E-state index >= 15 is 0 Å². The first-order chi connectivity index (χ1) is 13.7. The summed E-state index contributed by atoms with van der Waals surface area (Å²) in [6.45, 7) is 11.3. The van der Waals surface area contributed by atoms with Gasteiger partial charge in [-0.2, -0.15) is 0 Å². The molecule has 0 aromatic rings. The lowest BCUT2D eigenvalue weighted by atomic mass is 10.1. The second-order valence-corrected chi connectivity index (χ2v) is 14.4. The van der Waals surface area contributed by atoms with Gasteiger partial charge in [0.05, 0.1) is 40.5 Å². The van der Waals surface area contributed by atoms with Crippen molar-refractivity contribution in [2.75, 3.05) is 37.0 Å². The Labute approximate surface area is 181 Å². The van der Waals surface area contributed by atoms with E-state index in [1.54, 1.807) is 0 Å². The molecule has 0 amide bonds. The van der Waals surface area contributed by atoms with Crippen molar-refractivity contribution in [1.29, 1.82) is 0 Å². The molecule has 0 aromatic carbocycles. The van der Waals surface area contributed by atoms with Crippen molar-refractivity contribution in [2.45, 2.75) is 98.8 Å². The van der Waals surface area contributed by atoms with Crippen molar-refractivity contribution in [1.82, 2.24) is 0 Å². The molecule has 0 aliphatic rings. The highest BCUT2D eigenvalue weighted by molar-refractivity contribution is 7.85. The van der Waals surface area contributed by atoms with Gasteiger partial charge in [-0.1, -0.05) is 58.3 Å². The van der Waals surface area contributed by atoms with Gasteiger partial charge in [0.1, 0.15) is 6.61 Å². The summed E-state index contributed by atoms with van der Waals surface area (Å²) in [6, 6.07) is 0. The Morgan fingerprint density at radius 1 is 0.759 bits per heavy atom. The van der Waals surface area contributed by atoms with Crippen LogP contribution in [0.2, 0.25) is 0 Å². The van der Waals surface area contributed by atoms with Gasteiger partial charge >= 0.3 is 5.97 Å². The third-order valence-corrected chi connectivity index (χ3v) is 11.8. The summed E-state index contributed by atoms with van der Waals surface area (Å²) in [7, 11) is -4.71. The normalized spacial score (nSPS) is 11.7. The molecule has 176 valence electrons. The fourth-order valence-corrected chi connectivity index (χ4v) is 6.22. The van der Waals surface area contributed by atoms with Gasteiger partial charge in [0, 0.05) is 13.7 Å². The standard InChI is InChI=1S/C14H28O5S.C8H20P/c1-2-3-4-5-6-7-8-9-10-11-14(15)19-12-13-20(16,17)18;1-5-9(6-2,7-3)8-4/h2-13H2,1H3,(H,16,17,18);5-8H2,1-4H3/q;+1/p-1. The van der Waals surface area contributed by atoms with Crippen LogP contribution in [-0.2, 0) is 19.6 Å². The minimum Gasteiger partial charge on any atom is -0.748 e. The number of esters is 1. The molecule has 29 heavy (non-hydrogen) atoms. The van der Waals surface area contributed by atoms with Gasteiger partial charge in [0.25, 0.3) is 0 Å². The maximum absolute atomic E-state index is 11.2. The predicted octanol–water partition coefficient (Wildman–Crippen LogP) is 6.08. The molecule has 0 heterocycles. The molecular weight excluding hydrogens is 407 g/mol. The second kappa shape index (κ2) is 19.8. The molecule has 0 aromatic heterocycles. The van der Waals surface area contributed by atoms with Crippen LogP contribution in [0.3, 0.4) is 0 Å². The lowest BCUT2D eigenvalue weighted by Gasteiger charge is -2.20. The molecule has 0 unspecified atom stereocenters. The predicted molar refractivity (Wildman–Crippen MR) is 126 cm³/mol. The SMILES string of the molecule is CCCCCCCCCCCC(=O)OCCS(=O)(=O)[O-].CC[P+](CC)(CC)CC. The minimum absolute atomic E-state index is 0.300. The van der Waals surface area contributed by atoms with Crippen molar-refractivity contribution < 1.29 is 22.5 Å². The third-order valence-electron chi connectivity index (χ3n) is 5.76. The second-order valence-electron chi connectivity index (χ2n) is 7.67. The lowest BCUT2D eigenvalue weighted by molar-refractivity contribution is -0.143. The Morgan fingerprint density at radius 2 is 1.17 bits per heavy atom. The Balaban J connectivity index is 0. The molecule has 0 rings (SSSR count). The van der Waals surface area contributed by atoms with Crippen molar-refractivity contribution in [2.24, 2.45) is 0 Å². The van der Waals surface area contributed by atoms with Crippen LogP contribution in [-0.4, -0.2) is 55.9 Å². The Kier molecular flexibility index (Phi) is 21.1. The first-order valence-corrected chi connectivity index (χ1v) is 15.7. The first kappa shape index (κ1) is 31.0. The van der Waals surface area contributed by atoms with Crippen molar-refractivity contribution in [3.05, 3.63) is 0 Å². The van der Waals surface area contributed by atoms with E-state index in [0.29, 0.717) is 6.42 Å². The zero-order chi connectivity index (χ0) is 22.6. The maximum Gasteiger partial charge on any atom is 0.305 e. The van der Waals surface area contributed by atoms with Crippen LogP contribution >= 0.6 is 7.26 Å². The molecule has 0 saturated heterocycles. The van der Waals surface area contributed by atoms with E-state index in [9.17, 15) is 17.8 Å². The topological polar surface area (TPSA) is 83.5 Å². The van der Waals surface area contributed by atoms with Crippen molar-refractivity contribution in [3.8, 4) is 0 Å². The highest BCUT2D eigenvalue weighted by atomic mass is 32.2. The average Bonchev–Trinajstić information content (AvgIpc) is 2.68. The molecule has 0 spiro atoms. The maximum atomic E-state index is 11.2. The fourth-order valence-electron chi connectivity index (χ4n) is 3.25. The molecule has 7 heteroatoms. The molecule has 0 aliphatic carbocycles. The van der Waals surface area contributed by atoms with E-state index in [2.05, 4.69) is 39.4 Å². The molecule has 5 nitrogen and oxygen atoms in total. The summed E-state index contributed by atoms with van der Waals surface area (Å²) in [5.41, 5.74) is 0. The molecule has 0 fully saturated rings.